The Bertz CT molecular complexity index is 783. The Morgan fingerprint density at radius 3 is 2.24 bits per heavy atom. The number of halogens is 2. The summed E-state index contributed by atoms with van der Waals surface area (Å²) in [6, 6.07) is 11.8. The normalized spacial score (nSPS) is 10.6. The van der Waals surface area contributed by atoms with Gasteiger partial charge in [-0.05, 0) is 59.7 Å². The third-order valence-electron chi connectivity index (χ3n) is 3.37. The number of benzene rings is 2. The van der Waals surface area contributed by atoms with Crippen molar-refractivity contribution >= 4 is 39.1 Å². The number of amides is 2. The second kappa shape index (κ2) is 8.73. The highest BCUT2D eigenvalue weighted by Crippen LogP contribution is 2.21. The predicted octanol–water partition coefficient (Wildman–Crippen LogP) is 3.41. The molecule has 0 heterocycles. The number of para-hydroxylation sites is 1. The van der Waals surface area contributed by atoms with Crippen LogP contribution >= 0.6 is 15.9 Å². The second-order valence-electron chi connectivity index (χ2n) is 5.73. The fourth-order valence-electron chi connectivity index (χ4n) is 2.21. The minimum atomic E-state index is -0.484. The van der Waals surface area contributed by atoms with Crippen molar-refractivity contribution < 1.29 is 14.0 Å². The number of likely N-dealkylation sites (N-methyl/N-ethyl adjacent to an activating group) is 1. The van der Waals surface area contributed by atoms with E-state index in [9.17, 15) is 14.0 Å². The number of carbonyl (C=O) groups excluding carboxylic acids is 2. The molecule has 0 saturated carbocycles. The number of carbonyl (C=O) groups is 2. The van der Waals surface area contributed by atoms with Crippen LogP contribution in [0.2, 0.25) is 0 Å². The molecule has 132 valence electrons. The number of hydrogen-bond acceptors (Lipinski definition) is 3. The van der Waals surface area contributed by atoms with E-state index in [1.807, 2.05) is 18.2 Å². The molecule has 0 aliphatic heterocycles. The van der Waals surface area contributed by atoms with Crippen LogP contribution in [0.4, 0.5) is 15.8 Å². The van der Waals surface area contributed by atoms with Gasteiger partial charge in [0.2, 0.25) is 11.8 Å². The molecule has 0 aliphatic rings. The molecule has 2 N–H and O–H groups in total. The minimum Gasteiger partial charge on any atom is -0.324 e. The van der Waals surface area contributed by atoms with E-state index in [1.54, 1.807) is 31.0 Å². The highest BCUT2D eigenvalue weighted by atomic mass is 79.9. The number of nitrogens with zero attached hydrogens (tertiary/aromatic N) is 1. The average molecular weight is 408 g/mol. The zero-order valence-corrected chi connectivity index (χ0v) is 15.6. The largest absolute Gasteiger partial charge is 0.324 e. The Labute approximate surface area is 154 Å². The molecule has 2 aromatic carbocycles. The van der Waals surface area contributed by atoms with Crippen molar-refractivity contribution in [2.45, 2.75) is 6.92 Å². The van der Waals surface area contributed by atoms with Crippen LogP contribution in [0.1, 0.15) is 5.56 Å². The maximum Gasteiger partial charge on any atom is 0.238 e. The first-order chi connectivity index (χ1) is 11.8. The topological polar surface area (TPSA) is 61.4 Å². The van der Waals surface area contributed by atoms with Gasteiger partial charge in [-0.25, -0.2) is 4.39 Å². The Morgan fingerprint density at radius 1 is 1.04 bits per heavy atom. The molecular formula is C18H19BrFN3O2. The molecule has 0 spiro atoms. The van der Waals surface area contributed by atoms with Crippen molar-refractivity contribution in [1.29, 1.82) is 0 Å². The minimum absolute atomic E-state index is 0.0311. The predicted molar refractivity (Wildman–Crippen MR) is 100 cm³/mol. The average Bonchev–Trinajstić information content (AvgIpc) is 2.52. The summed E-state index contributed by atoms with van der Waals surface area (Å²) in [5, 5.41) is 5.27. The fourth-order valence-corrected chi connectivity index (χ4v) is 2.59. The summed E-state index contributed by atoms with van der Waals surface area (Å²) >= 11 is 3.35. The van der Waals surface area contributed by atoms with Crippen molar-refractivity contribution in [3.8, 4) is 0 Å². The van der Waals surface area contributed by atoms with Gasteiger partial charge in [0.25, 0.3) is 0 Å². The second-order valence-corrected chi connectivity index (χ2v) is 6.59. The smallest absolute Gasteiger partial charge is 0.238 e. The molecule has 0 atom stereocenters. The number of aryl methyl sites for hydroxylation is 1. The Balaban J connectivity index is 1.84. The standard InChI is InChI=1S/C18H19BrFN3O2/c1-12-7-8-16(14(20)9-12)22-18(25)11-23(2)10-17(24)21-15-6-4-3-5-13(15)19/h3-9H,10-11H2,1-2H3,(H,21,24)(H,22,25). The van der Waals surface area contributed by atoms with Gasteiger partial charge in [0, 0.05) is 4.47 Å². The monoisotopic (exact) mass is 407 g/mol. The van der Waals surface area contributed by atoms with E-state index >= 15 is 0 Å². The summed E-state index contributed by atoms with van der Waals surface area (Å²) in [5.74, 6) is -1.12. The zero-order chi connectivity index (χ0) is 18.4. The molecule has 0 aromatic heterocycles. The molecule has 7 heteroatoms. The molecule has 25 heavy (non-hydrogen) atoms. The van der Waals surface area contributed by atoms with Crippen molar-refractivity contribution in [3.05, 3.63) is 58.3 Å². The molecule has 2 amide bonds. The maximum atomic E-state index is 13.7. The van der Waals surface area contributed by atoms with Gasteiger partial charge < -0.3 is 10.6 Å². The van der Waals surface area contributed by atoms with Crippen LogP contribution in [-0.4, -0.2) is 36.9 Å². The lowest BCUT2D eigenvalue weighted by Crippen LogP contribution is -2.36. The van der Waals surface area contributed by atoms with Gasteiger partial charge in [0.15, 0.2) is 0 Å². The molecule has 0 unspecified atom stereocenters. The molecule has 0 bridgehead atoms. The van der Waals surface area contributed by atoms with E-state index in [0.29, 0.717) is 5.69 Å². The Hall–Kier alpha value is -2.25. The lowest BCUT2D eigenvalue weighted by Gasteiger charge is -2.16. The molecule has 0 fully saturated rings. The summed E-state index contributed by atoms with van der Waals surface area (Å²) in [4.78, 5) is 25.6. The molecule has 0 aliphatic carbocycles. The number of rotatable bonds is 6. The van der Waals surface area contributed by atoms with E-state index in [0.717, 1.165) is 10.0 Å². The number of hydrogen-bond donors (Lipinski definition) is 2. The molecule has 5 nitrogen and oxygen atoms in total. The maximum absolute atomic E-state index is 13.7. The van der Waals surface area contributed by atoms with E-state index in [-0.39, 0.29) is 30.6 Å². The van der Waals surface area contributed by atoms with Crippen LogP contribution in [0.3, 0.4) is 0 Å². The van der Waals surface area contributed by atoms with Gasteiger partial charge in [-0.1, -0.05) is 18.2 Å². The third-order valence-corrected chi connectivity index (χ3v) is 4.07. The highest BCUT2D eigenvalue weighted by Gasteiger charge is 2.13. The van der Waals surface area contributed by atoms with E-state index in [1.165, 1.54) is 12.1 Å². The molecular weight excluding hydrogens is 389 g/mol. The molecule has 2 aromatic rings. The summed E-state index contributed by atoms with van der Waals surface area (Å²) < 4.78 is 14.5. The SMILES string of the molecule is Cc1ccc(NC(=O)CN(C)CC(=O)Nc2ccccc2Br)c(F)c1. The Morgan fingerprint density at radius 2 is 1.64 bits per heavy atom. The lowest BCUT2D eigenvalue weighted by molar-refractivity contribution is -0.119. The van der Waals surface area contributed by atoms with Crippen LogP contribution in [0.5, 0.6) is 0 Å². The summed E-state index contributed by atoms with van der Waals surface area (Å²) in [7, 11) is 1.64. The van der Waals surface area contributed by atoms with Crippen molar-refractivity contribution in [2.75, 3.05) is 30.8 Å². The van der Waals surface area contributed by atoms with Crippen LogP contribution in [-0.2, 0) is 9.59 Å². The van der Waals surface area contributed by atoms with Gasteiger partial charge >= 0.3 is 0 Å². The first-order valence-corrected chi connectivity index (χ1v) is 8.43. The lowest BCUT2D eigenvalue weighted by atomic mass is 10.2. The van der Waals surface area contributed by atoms with Crippen LogP contribution in [0.15, 0.2) is 46.9 Å². The summed E-state index contributed by atoms with van der Waals surface area (Å²) in [6.07, 6.45) is 0. The number of nitrogens with one attached hydrogen (secondary N) is 2. The van der Waals surface area contributed by atoms with E-state index < -0.39 is 5.82 Å². The first-order valence-electron chi connectivity index (χ1n) is 7.64. The molecule has 0 saturated heterocycles. The molecule has 0 radical (unpaired) electrons. The zero-order valence-electron chi connectivity index (χ0n) is 14.0. The van der Waals surface area contributed by atoms with E-state index in [2.05, 4.69) is 26.6 Å². The van der Waals surface area contributed by atoms with Crippen LogP contribution < -0.4 is 10.6 Å². The van der Waals surface area contributed by atoms with Crippen molar-refractivity contribution in [2.24, 2.45) is 0 Å². The van der Waals surface area contributed by atoms with Crippen LogP contribution in [0, 0.1) is 12.7 Å². The van der Waals surface area contributed by atoms with E-state index in [4.69, 9.17) is 0 Å². The Kier molecular flexibility index (Phi) is 6.66. The fraction of sp³-hybridized carbons (Fsp3) is 0.222. The van der Waals surface area contributed by atoms with Crippen LogP contribution in [0.25, 0.3) is 0 Å². The third kappa shape index (κ3) is 5.95. The highest BCUT2D eigenvalue weighted by molar-refractivity contribution is 9.10. The van der Waals surface area contributed by atoms with Crippen molar-refractivity contribution in [3.63, 3.8) is 0 Å². The van der Waals surface area contributed by atoms with Crippen molar-refractivity contribution in [1.82, 2.24) is 4.90 Å². The van der Waals surface area contributed by atoms with Gasteiger partial charge in [0.1, 0.15) is 5.82 Å². The first kappa shape index (κ1) is 19.1. The summed E-state index contributed by atoms with van der Waals surface area (Å²) in [6.45, 7) is 1.77. The summed E-state index contributed by atoms with van der Waals surface area (Å²) in [5.41, 5.74) is 1.56. The number of anilines is 2. The van der Waals surface area contributed by atoms with Gasteiger partial charge in [-0.3, -0.25) is 14.5 Å². The van der Waals surface area contributed by atoms with Gasteiger partial charge in [0.05, 0.1) is 24.5 Å². The quantitative estimate of drug-likeness (QED) is 0.770. The van der Waals surface area contributed by atoms with Gasteiger partial charge in [-0.2, -0.15) is 0 Å². The molecule has 2 rings (SSSR count). The van der Waals surface area contributed by atoms with Gasteiger partial charge in [-0.15, -0.1) is 0 Å².